The molecule has 1 heterocycles. The molecule has 17 heavy (non-hydrogen) atoms. The lowest BCUT2D eigenvalue weighted by atomic mass is 10.2. The molecule has 0 aliphatic rings. The molecule has 2 aromatic rings. The fraction of sp³-hybridized carbons (Fsp3) is 0.273. The van der Waals surface area contributed by atoms with E-state index < -0.39 is 0 Å². The first-order chi connectivity index (χ1) is 8.11. The molecule has 0 radical (unpaired) electrons. The number of hydrogen-bond acceptors (Lipinski definition) is 6. The van der Waals surface area contributed by atoms with Crippen LogP contribution in [0.25, 0.3) is 11.5 Å². The van der Waals surface area contributed by atoms with Gasteiger partial charge in [-0.05, 0) is 23.4 Å². The molecule has 6 nitrogen and oxygen atoms in total. The summed E-state index contributed by atoms with van der Waals surface area (Å²) in [7, 11) is 5.13. The van der Waals surface area contributed by atoms with Gasteiger partial charge in [0.15, 0.2) is 11.5 Å². The summed E-state index contributed by atoms with van der Waals surface area (Å²) in [5.74, 6) is 1.28. The standard InChI is InChI=1S/C11H13N3O3/c1-14(2)11-12-10(17-13-11)7-4-5-9(16-3)8(15)6-7/h4-6,15H,1-3H3. The summed E-state index contributed by atoms with van der Waals surface area (Å²) in [6.45, 7) is 0. The minimum atomic E-state index is 0.0367. The summed E-state index contributed by atoms with van der Waals surface area (Å²) in [5, 5.41) is 13.4. The summed E-state index contributed by atoms with van der Waals surface area (Å²) in [6.07, 6.45) is 0. The molecule has 1 aromatic heterocycles. The van der Waals surface area contributed by atoms with Crippen LogP contribution in [0.2, 0.25) is 0 Å². The minimum absolute atomic E-state index is 0.0367. The van der Waals surface area contributed by atoms with Crippen LogP contribution in [-0.2, 0) is 0 Å². The van der Waals surface area contributed by atoms with Gasteiger partial charge in [-0.1, -0.05) is 0 Å². The predicted octanol–water partition coefficient (Wildman–Crippen LogP) is 1.52. The van der Waals surface area contributed by atoms with E-state index in [0.717, 1.165) is 0 Å². The second-order valence-corrected chi connectivity index (χ2v) is 3.68. The molecule has 0 saturated carbocycles. The van der Waals surface area contributed by atoms with Crippen LogP contribution >= 0.6 is 0 Å². The maximum absolute atomic E-state index is 9.64. The van der Waals surface area contributed by atoms with Gasteiger partial charge >= 0.3 is 0 Å². The number of rotatable bonds is 3. The normalized spacial score (nSPS) is 10.3. The van der Waals surface area contributed by atoms with Gasteiger partial charge in [-0.15, -0.1) is 0 Å². The number of phenols is 1. The maximum atomic E-state index is 9.64. The molecule has 0 atom stereocenters. The maximum Gasteiger partial charge on any atom is 0.265 e. The van der Waals surface area contributed by atoms with Gasteiger partial charge in [0.25, 0.3) is 11.8 Å². The van der Waals surface area contributed by atoms with Gasteiger partial charge in [0.1, 0.15) is 0 Å². The van der Waals surface area contributed by atoms with Crippen molar-refractivity contribution in [1.82, 2.24) is 10.1 Å². The molecule has 0 saturated heterocycles. The third kappa shape index (κ3) is 2.15. The van der Waals surface area contributed by atoms with Gasteiger partial charge in [0, 0.05) is 19.7 Å². The molecule has 90 valence electrons. The SMILES string of the molecule is COc1ccc(-c2nc(N(C)C)no2)cc1O. The fourth-order valence-corrected chi connectivity index (χ4v) is 1.34. The monoisotopic (exact) mass is 235 g/mol. The number of benzene rings is 1. The number of nitrogens with zero attached hydrogens (tertiary/aromatic N) is 3. The zero-order chi connectivity index (χ0) is 12.4. The smallest absolute Gasteiger partial charge is 0.265 e. The molecule has 0 spiro atoms. The van der Waals surface area contributed by atoms with Gasteiger partial charge in [-0.3, -0.25) is 0 Å². The molecule has 1 N–H and O–H groups in total. The Morgan fingerprint density at radius 2 is 2.12 bits per heavy atom. The van der Waals surface area contributed by atoms with Crippen LogP contribution in [0, 0.1) is 0 Å². The number of aromatic nitrogens is 2. The zero-order valence-corrected chi connectivity index (χ0v) is 9.84. The van der Waals surface area contributed by atoms with E-state index in [1.54, 1.807) is 17.0 Å². The Balaban J connectivity index is 2.36. The number of anilines is 1. The fourth-order valence-electron chi connectivity index (χ4n) is 1.34. The Kier molecular flexibility index (Phi) is 2.86. The average Bonchev–Trinajstić information content (AvgIpc) is 2.78. The number of aromatic hydroxyl groups is 1. The Morgan fingerprint density at radius 3 is 2.65 bits per heavy atom. The van der Waals surface area contributed by atoms with Crippen molar-refractivity contribution in [2.75, 3.05) is 26.1 Å². The molecule has 0 bridgehead atoms. The lowest BCUT2D eigenvalue weighted by Crippen LogP contribution is -2.09. The molecule has 0 amide bonds. The molecule has 0 fully saturated rings. The molecule has 0 aliphatic heterocycles. The van der Waals surface area contributed by atoms with E-state index in [9.17, 15) is 5.11 Å². The third-order valence-corrected chi connectivity index (χ3v) is 2.24. The minimum Gasteiger partial charge on any atom is -0.504 e. The molecule has 2 rings (SSSR count). The second kappa shape index (κ2) is 4.32. The summed E-state index contributed by atoms with van der Waals surface area (Å²) in [4.78, 5) is 5.91. The van der Waals surface area contributed by atoms with E-state index in [2.05, 4.69) is 10.1 Å². The van der Waals surface area contributed by atoms with Gasteiger partial charge in [-0.25, -0.2) is 0 Å². The van der Waals surface area contributed by atoms with Gasteiger partial charge < -0.3 is 19.3 Å². The topological polar surface area (TPSA) is 71.6 Å². The van der Waals surface area contributed by atoms with E-state index in [1.807, 2.05) is 14.1 Å². The van der Waals surface area contributed by atoms with Crippen molar-refractivity contribution in [3.05, 3.63) is 18.2 Å². The van der Waals surface area contributed by atoms with Crippen molar-refractivity contribution in [1.29, 1.82) is 0 Å². The van der Waals surface area contributed by atoms with Crippen molar-refractivity contribution in [3.8, 4) is 23.0 Å². The first kappa shape index (κ1) is 11.3. The Hall–Kier alpha value is -2.24. The van der Waals surface area contributed by atoms with Crippen LogP contribution < -0.4 is 9.64 Å². The largest absolute Gasteiger partial charge is 0.504 e. The van der Waals surface area contributed by atoms with Gasteiger partial charge in [0.05, 0.1) is 7.11 Å². The zero-order valence-electron chi connectivity index (χ0n) is 9.84. The van der Waals surface area contributed by atoms with E-state index in [0.29, 0.717) is 23.2 Å². The number of methoxy groups -OCH3 is 1. The molecular weight excluding hydrogens is 222 g/mol. The van der Waals surface area contributed by atoms with Crippen molar-refractivity contribution < 1.29 is 14.4 Å². The van der Waals surface area contributed by atoms with Crippen LogP contribution in [0.1, 0.15) is 0 Å². The molecule has 0 aliphatic carbocycles. The Bertz CT molecular complexity index is 522. The highest BCUT2D eigenvalue weighted by atomic mass is 16.5. The van der Waals surface area contributed by atoms with Crippen LogP contribution in [0.15, 0.2) is 22.7 Å². The third-order valence-electron chi connectivity index (χ3n) is 2.24. The number of phenolic OH excluding ortho intramolecular Hbond substituents is 1. The number of ether oxygens (including phenoxy) is 1. The second-order valence-electron chi connectivity index (χ2n) is 3.68. The number of hydrogen-bond donors (Lipinski definition) is 1. The molecule has 0 unspecified atom stereocenters. The van der Waals surface area contributed by atoms with Crippen LogP contribution in [0.4, 0.5) is 5.95 Å². The van der Waals surface area contributed by atoms with E-state index in [-0.39, 0.29) is 5.75 Å². The highest BCUT2D eigenvalue weighted by Gasteiger charge is 2.12. The summed E-state index contributed by atoms with van der Waals surface area (Å²) >= 11 is 0. The van der Waals surface area contributed by atoms with Crippen LogP contribution in [-0.4, -0.2) is 36.5 Å². The highest BCUT2D eigenvalue weighted by Crippen LogP contribution is 2.30. The van der Waals surface area contributed by atoms with Crippen LogP contribution in [0.5, 0.6) is 11.5 Å². The highest BCUT2D eigenvalue weighted by molar-refractivity contribution is 5.60. The molecule has 6 heteroatoms. The molecule has 1 aromatic carbocycles. The summed E-state index contributed by atoms with van der Waals surface area (Å²) < 4.78 is 10.0. The Morgan fingerprint density at radius 1 is 1.35 bits per heavy atom. The van der Waals surface area contributed by atoms with Crippen LogP contribution in [0.3, 0.4) is 0 Å². The average molecular weight is 235 g/mol. The lowest BCUT2D eigenvalue weighted by molar-refractivity contribution is 0.373. The predicted molar refractivity (Wildman–Crippen MR) is 62.3 cm³/mol. The van der Waals surface area contributed by atoms with Crippen molar-refractivity contribution in [2.45, 2.75) is 0 Å². The quantitative estimate of drug-likeness (QED) is 0.869. The van der Waals surface area contributed by atoms with E-state index in [1.165, 1.54) is 13.2 Å². The van der Waals surface area contributed by atoms with Gasteiger partial charge in [-0.2, -0.15) is 4.98 Å². The Labute approximate surface area is 98.4 Å². The van der Waals surface area contributed by atoms with Crippen molar-refractivity contribution >= 4 is 5.95 Å². The van der Waals surface area contributed by atoms with E-state index >= 15 is 0 Å². The first-order valence-corrected chi connectivity index (χ1v) is 5.00. The summed E-state index contributed by atoms with van der Waals surface area (Å²) in [6, 6.07) is 4.90. The van der Waals surface area contributed by atoms with Crippen molar-refractivity contribution in [3.63, 3.8) is 0 Å². The first-order valence-electron chi connectivity index (χ1n) is 5.00. The van der Waals surface area contributed by atoms with Crippen molar-refractivity contribution in [2.24, 2.45) is 0 Å². The summed E-state index contributed by atoms with van der Waals surface area (Å²) in [5.41, 5.74) is 0.643. The molecular formula is C11H13N3O3. The lowest BCUT2D eigenvalue weighted by Gasteiger charge is -2.03. The van der Waals surface area contributed by atoms with E-state index in [4.69, 9.17) is 9.26 Å². The van der Waals surface area contributed by atoms with Gasteiger partial charge in [0.2, 0.25) is 0 Å².